The number of hydrogen-bond donors (Lipinski definition) is 2. The van der Waals surface area contributed by atoms with Crippen molar-refractivity contribution < 1.29 is 5.11 Å². The molecule has 1 unspecified atom stereocenters. The molecule has 1 rings (SSSR count). The van der Waals surface area contributed by atoms with Crippen molar-refractivity contribution in [2.24, 2.45) is 11.7 Å². The molecule has 0 aromatic carbocycles. The highest BCUT2D eigenvalue weighted by atomic mass is 35.5. The third-order valence-corrected chi connectivity index (χ3v) is 2.82. The second kappa shape index (κ2) is 10.3. The van der Waals surface area contributed by atoms with E-state index in [4.69, 9.17) is 10.8 Å². The topological polar surface area (TPSA) is 46.2 Å². The maximum absolute atomic E-state index is 8.61. The summed E-state index contributed by atoms with van der Waals surface area (Å²) in [6, 6.07) is -0.105. The lowest BCUT2D eigenvalue weighted by atomic mass is 9.85. The molecule has 1 aliphatic rings. The average molecular weight is 237 g/mol. The Kier molecular flexibility index (Phi) is 12.6. The van der Waals surface area contributed by atoms with Gasteiger partial charge < -0.3 is 10.8 Å². The highest BCUT2D eigenvalue weighted by Crippen LogP contribution is 2.27. The van der Waals surface area contributed by atoms with Gasteiger partial charge in [-0.3, -0.25) is 0 Å². The number of halogens is 1. The van der Waals surface area contributed by atoms with Gasteiger partial charge >= 0.3 is 0 Å². The summed E-state index contributed by atoms with van der Waals surface area (Å²) in [7, 11) is 0. The summed E-state index contributed by atoms with van der Waals surface area (Å²) in [6.07, 6.45) is 9.08. The molecule has 0 saturated heterocycles. The lowest BCUT2D eigenvalue weighted by Crippen LogP contribution is -2.21. The highest BCUT2D eigenvalue weighted by molar-refractivity contribution is 5.85. The summed E-state index contributed by atoms with van der Waals surface area (Å²) in [5.74, 6) is 0.879. The molecule has 1 radical (unpaired) electrons. The fourth-order valence-corrected chi connectivity index (χ4v) is 1.98. The summed E-state index contributed by atoms with van der Waals surface area (Å²) >= 11 is 0. The molecule has 2 nitrogen and oxygen atoms in total. The van der Waals surface area contributed by atoms with Crippen molar-refractivity contribution in [3.8, 4) is 0 Å². The van der Waals surface area contributed by atoms with Gasteiger partial charge in [0.1, 0.15) is 0 Å². The third kappa shape index (κ3) is 7.09. The van der Waals surface area contributed by atoms with Crippen LogP contribution in [0.3, 0.4) is 0 Å². The van der Waals surface area contributed by atoms with Gasteiger partial charge in [0.2, 0.25) is 0 Å². The molecule has 0 heterocycles. The van der Waals surface area contributed by atoms with E-state index in [-0.39, 0.29) is 35.8 Å². The van der Waals surface area contributed by atoms with Gasteiger partial charge in [0.05, 0.1) is 6.61 Å². The van der Waals surface area contributed by atoms with Gasteiger partial charge in [-0.2, -0.15) is 0 Å². The maximum Gasteiger partial charge on any atom is 0.187 e. The van der Waals surface area contributed by atoms with Crippen molar-refractivity contribution in [3.63, 3.8) is 0 Å². The van der Waals surface area contributed by atoms with Crippen LogP contribution in [-0.4, -0.2) is 28.5 Å². The number of rotatable bonds is 4. The average Bonchev–Trinajstić information content (AvgIpc) is 2.16. The van der Waals surface area contributed by atoms with Gasteiger partial charge in [-0.1, -0.05) is 32.1 Å². The smallest absolute Gasteiger partial charge is 0.187 e. The number of aliphatic hydroxyl groups is 1. The zero-order valence-corrected chi connectivity index (χ0v) is 8.93. The molecule has 1 fully saturated rings. The van der Waals surface area contributed by atoms with Crippen LogP contribution >= 0.6 is 12.4 Å². The molecular formula is C10H24AlClNO. The Hall–Kier alpha value is 0.742. The number of aliphatic hydroxyl groups excluding tert-OH is 1. The van der Waals surface area contributed by atoms with E-state index in [0.29, 0.717) is 0 Å². The summed E-state index contributed by atoms with van der Waals surface area (Å²) < 4.78 is 0. The van der Waals surface area contributed by atoms with Crippen LogP contribution in [-0.2, 0) is 0 Å². The molecular weight excluding hydrogens is 213 g/mol. The lowest BCUT2D eigenvalue weighted by molar-refractivity contribution is 0.299. The molecule has 1 saturated carbocycles. The van der Waals surface area contributed by atoms with E-state index in [1.54, 1.807) is 0 Å². The molecule has 0 amide bonds. The fraction of sp³-hybridized carbons (Fsp3) is 0.900. The zero-order chi connectivity index (χ0) is 8.81. The van der Waals surface area contributed by atoms with Crippen LogP contribution < -0.4 is 5.73 Å². The Morgan fingerprint density at radius 3 is 2.36 bits per heavy atom. The van der Waals surface area contributed by atoms with Gasteiger partial charge in [0.15, 0.2) is 17.4 Å². The quantitative estimate of drug-likeness (QED) is 0.726. The molecule has 0 spiro atoms. The summed E-state index contributed by atoms with van der Waals surface area (Å²) in [4.78, 5) is 0. The van der Waals surface area contributed by atoms with Crippen molar-refractivity contribution in [1.29, 1.82) is 0 Å². The Balaban J connectivity index is 0. The summed E-state index contributed by atoms with van der Waals surface area (Å²) in [5.41, 5.74) is 5.58. The van der Waals surface area contributed by atoms with Gasteiger partial charge in [0.25, 0.3) is 0 Å². The van der Waals surface area contributed by atoms with Crippen LogP contribution in [0, 0.1) is 12.5 Å². The minimum Gasteiger partial charge on any atom is -0.389 e. The monoisotopic (exact) mass is 236 g/mol. The Morgan fingerprint density at radius 2 is 1.86 bits per heavy atom. The van der Waals surface area contributed by atoms with Gasteiger partial charge in [-0.05, 0) is 18.8 Å². The van der Waals surface area contributed by atoms with E-state index in [1.807, 2.05) is 0 Å². The van der Waals surface area contributed by atoms with Crippen LogP contribution in [0.5, 0.6) is 0 Å². The first-order valence-corrected chi connectivity index (χ1v) is 5.06. The standard InChI is InChI=1S/C10H20NO.Al.ClH.3H/c11-10(8-12)7-6-9-4-2-1-3-5-9;;;;;/h8-10,12H,1-7,11H2;;1H;;;. The molecule has 14 heavy (non-hydrogen) atoms. The summed E-state index contributed by atoms with van der Waals surface area (Å²) in [5, 5.41) is 8.61. The predicted octanol–water partition coefficient (Wildman–Crippen LogP) is 1.45. The number of hydrogen-bond acceptors (Lipinski definition) is 2. The van der Waals surface area contributed by atoms with Gasteiger partial charge in [0, 0.05) is 6.04 Å². The zero-order valence-electron chi connectivity index (χ0n) is 8.11. The minimum absolute atomic E-state index is 0. The number of nitrogens with two attached hydrogens (primary N) is 1. The van der Waals surface area contributed by atoms with E-state index >= 15 is 0 Å². The van der Waals surface area contributed by atoms with Gasteiger partial charge in [-0.15, -0.1) is 12.4 Å². The van der Waals surface area contributed by atoms with Crippen molar-refractivity contribution in [1.82, 2.24) is 0 Å². The first-order valence-electron chi connectivity index (χ1n) is 5.06. The van der Waals surface area contributed by atoms with E-state index in [1.165, 1.54) is 38.5 Å². The van der Waals surface area contributed by atoms with Crippen molar-refractivity contribution in [3.05, 3.63) is 6.61 Å². The van der Waals surface area contributed by atoms with Gasteiger partial charge in [-0.25, -0.2) is 0 Å². The Bertz CT molecular complexity index is 121. The van der Waals surface area contributed by atoms with E-state index in [9.17, 15) is 0 Å². The second-order valence-electron chi connectivity index (χ2n) is 3.89. The van der Waals surface area contributed by atoms with Crippen LogP contribution in [0.25, 0.3) is 0 Å². The minimum atomic E-state index is -0.105. The molecule has 85 valence electrons. The highest BCUT2D eigenvalue weighted by Gasteiger charge is 2.14. The molecule has 0 aromatic rings. The Morgan fingerprint density at radius 1 is 1.29 bits per heavy atom. The molecule has 1 aliphatic carbocycles. The van der Waals surface area contributed by atoms with Crippen LogP contribution in [0.1, 0.15) is 44.9 Å². The van der Waals surface area contributed by atoms with E-state index in [0.717, 1.165) is 18.9 Å². The lowest BCUT2D eigenvalue weighted by Gasteiger charge is -2.22. The first-order chi connectivity index (χ1) is 5.83. The molecule has 3 N–H and O–H groups in total. The molecule has 4 heteroatoms. The Labute approximate surface area is 104 Å². The molecule has 0 bridgehead atoms. The van der Waals surface area contributed by atoms with Crippen LogP contribution in [0.15, 0.2) is 0 Å². The molecule has 1 atom stereocenters. The van der Waals surface area contributed by atoms with E-state index < -0.39 is 0 Å². The normalized spacial score (nSPS) is 19.3. The third-order valence-electron chi connectivity index (χ3n) is 2.82. The van der Waals surface area contributed by atoms with E-state index in [2.05, 4.69) is 0 Å². The van der Waals surface area contributed by atoms with Crippen LogP contribution in [0.4, 0.5) is 0 Å². The van der Waals surface area contributed by atoms with Crippen molar-refractivity contribution in [2.75, 3.05) is 0 Å². The SMILES string of the molecule is Cl.NC([CH]O)CCC1CCCCC1.[AlH3]. The molecule has 0 aromatic heterocycles. The maximum atomic E-state index is 8.61. The predicted molar refractivity (Wildman–Crippen MR) is 67.2 cm³/mol. The van der Waals surface area contributed by atoms with Crippen molar-refractivity contribution >= 4 is 29.8 Å². The summed E-state index contributed by atoms with van der Waals surface area (Å²) in [6.45, 7) is 1.11. The molecule has 0 aliphatic heterocycles. The fourth-order valence-electron chi connectivity index (χ4n) is 1.98. The van der Waals surface area contributed by atoms with Crippen molar-refractivity contribution in [2.45, 2.75) is 51.0 Å². The van der Waals surface area contributed by atoms with Crippen LogP contribution in [0.2, 0.25) is 0 Å². The first kappa shape index (κ1) is 17.1. The second-order valence-corrected chi connectivity index (χ2v) is 3.89. The largest absolute Gasteiger partial charge is 0.389 e.